The number of aliphatic hydroxyl groups is 1. The normalized spacial score (nSPS) is 36.3. The predicted molar refractivity (Wildman–Crippen MR) is 80.7 cm³/mol. The van der Waals surface area contributed by atoms with Gasteiger partial charge in [0.25, 0.3) is 0 Å². The van der Waals surface area contributed by atoms with Crippen molar-refractivity contribution in [2.24, 2.45) is 5.41 Å². The number of benzene rings is 2. The first kappa shape index (κ1) is 13.0. The summed E-state index contributed by atoms with van der Waals surface area (Å²) in [4.78, 5) is 25.0. The van der Waals surface area contributed by atoms with Crippen molar-refractivity contribution in [3.63, 3.8) is 0 Å². The van der Waals surface area contributed by atoms with Crippen molar-refractivity contribution in [2.45, 2.75) is 24.4 Å². The smallest absolute Gasteiger partial charge is 0.348 e. The highest BCUT2D eigenvalue weighted by atomic mass is 16.6. The SMILES string of the molecule is C[C@@]12C(=O)OC(=O)[C@]1(O)C1c3ccccc3C2c2ccccc21. The van der Waals surface area contributed by atoms with E-state index in [4.69, 9.17) is 4.74 Å². The first-order chi connectivity index (χ1) is 11.0. The lowest BCUT2D eigenvalue weighted by Crippen LogP contribution is -2.62. The average Bonchev–Trinajstić information content (AvgIpc) is 2.75. The molecule has 3 aliphatic carbocycles. The van der Waals surface area contributed by atoms with Crippen LogP contribution in [0.1, 0.15) is 41.0 Å². The van der Waals surface area contributed by atoms with Gasteiger partial charge in [-0.2, -0.15) is 0 Å². The Morgan fingerprint density at radius 1 is 0.826 bits per heavy atom. The molecule has 2 bridgehead atoms. The van der Waals surface area contributed by atoms with Crippen molar-refractivity contribution >= 4 is 11.9 Å². The molecule has 4 heteroatoms. The second-order valence-electron chi connectivity index (χ2n) is 6.77. The summed E-state index contributed by atoms with van der Waals surface area (Å²) in [6.07, 6.45) is 0. The second kappa shape index (κ2) is 3.71. The van der Waals surface area contributed by atoms with E-state index in [2.05, 4.69) is 0 Å². The summed E-state index contributed by atoms with van der Waals surface area (Å²) in [6.45, 7) is 1.66. The summed E-state index contributed by atoms with van der Waals surface area (Å²) in [5.74, 6) is -2.43. The van der Waals surface area contributed by atoms with E-state index in [1.54, 1.807) is 6.92 Å². The molecule has 4 nitrogen and oxygen atoms in total. The molecule has 0 spiro atoms. The lowest BCUT2D eigenvalue weighted by molar-refractivity contribution is -0.161. The topological polar surface area (TPSA) is 63.6 Å². The molecule has 2 aromatic rings. The molecule has 23 heavy (non-hydrogen) atoms. The Bertz CT molecular complexity index is 782. The summed E-state index contributed by atoms with van der Waals surface area (Å²) in [5, 5.41) is 11.4. The van der Waals surface area contributed by atoms with Crippen LogP contribution in [0, 0.1) is 5.41 Å². The predicted octanol–water partition coefficient (Wildman–Crippen LogP) is 2.10. The van der Waals surface area contributed by atoms with E-state index in [1.807, 2.05) is 48.5 Å². The molecular formula is C19H14O4. The Kier molecular flexibility index (Phi) is 2.10. The maximum absolute atomic E-state index is 12.6. The van der Waals surface area contributed by atoms with Gasteiger partial charge in [-0.05, 0) is 29.2 Å². The summed E-state index contributed by atoms with van der Waals surface area (Å²) < 4.78 is 4.93. The number of carbonyl (C=O) groups excluding carboxylic acids is 2. The van der Waals surface area contributed by atoms with Crippen LogP contribution >= 0.6 is 0 Å². The Hall–Kier alpha value is -2.46. The third-order valence-electron chi connectivity index (χ3n) is 5.94. The zero-order valence-corrected chi connectivity index (χ0v) is 12.4. The third kappa shape index (κ3) is 1.14. The molecule has 0 amide bonds. The summed E-state index contributed by atoms with van der Waals surface area (Å²) in [5.41, 5.74) is 0.658. The van der Waals surface area contributed by atoms with Crippen molar-refractivity contribution in [2.75, 3.05) is 0 Å². The van der Waals surface area contributed by atoms with Gasteiger partial charge in [0.1, 0.15) is 5.41 Å². The van der Waals surface area contributed by atoms with Crippen LogP contribution in [0.4, 0.5) is 0 Å². The number of ether oxygens (including phenoxy) is 1. The van der Waals surface area contributed by atoms with E-state index in [-0.39, 0.29) is 5.92 Å². The van der Waals surface area contributed by atoms with Gasteiger partial charge < -0.3 is 9.84 Å². The number of hydrogen-bond acceptors (Lipinski definition) is 4. The summed E-state index contributed by atoms with van der Waals surface area (Å²) in [6, 6.07) is 15.4. The van der Waals surface area contributed by atoms with Crippen LogP contribution < -0.4 is 0 Å². The van der Waals surface area contributed by atoms with Gasteiger partial charge in [-0.1, -0.05) is 48.5 Å². The number of cyclic esters (lactones) is 2. The van der Waals surface area contributed by atoms with Gasteiger partial charge in [-0.15, -0.1) is 0 Å². The standard InChI is InChI=1S/C19H14O4/c1-18-14-10-6-2-4-8-12(10)15(13-9-5-3-7-11(13)14)19(18,22)17(21)23-16(18)20/h2-9,14-15,22H,1H3/t14?,15?,18-,19-/m1/s1. The highest BCUT2D eigenvalue weighted by Crippen LogP contribution is 2.68. The fourth-order valence-electron chi connectivity index (χ4n) is 4.87. The highest BCUT2D eigenvalue weighted by Gasteiger charge is 2.77. The van der Waals surface area contributed by atoms with Crippen LogP contribution in [-0.4, -0.2) is 22.6 Å². The maximum atomic E-state index is 12.6. The van der Waals surface area contributed by atoms with E-state index in [1.165, 1.54) is 0 Å². The first-order valence-electron chi connectivity index (χ1n) is 7.68. The number of carbonyl (C=O) groups is 2. The summed E-state index contributed by atoms with van der Waals surface area (Å²) in [7, 11) is 0. The van der Waals surface area contributed by atoms with E-state index in [0.717, 1.165) is 22.3 Å². The fraction of sp³-hybridized carbons (Fsp3) is 0.263. The molecule has 0 saturated carbocycles. The monoisotopic (exact) mass is 306 g/mol. The van der Waals surface area contributed by atoms with Crippen molar-refractivity contribution in [1.82, 2.24) is 0 Å². The van der Waals surface area contributed by atoms with Crippen LogP contribution in [0.2, 0.25) is 0 Å². The molecule has 1 heterocycles. The van der Waals surface area contributed by atoms with Crippen molar-refractivity contribution in [3.8, 4) is 0 Å². The van der Waals surface area contributed by atoms with Gasteiger partial charge in [0.05, 0.1) is 5.92 Å². The molecule has 0 aromatic heterocycles. The largest absolute Gasteiger partial charge is 0.390 e. The van der Waals surface area contributed by atoms with Gasteiger partial charge in [0.2, 0.25) is 0 Å². The minimum atomic E-state index is -1.85. The van der Waals surface area contributed by atoms with Crippen LogP contribution in [0.5, 0.6) is 0 Å². The number of esters is 2. The highest BCUT2D eigenvalue weighted by molar-refractivity contribution is 6.07. The second-order valence-corrected chi connectivity index (χ2v) is 6.77. The lowest BCUT2D eigenvalue weighted by atomic mass is 9.46. The fourth-order valence-corrected chi connectivity index (χ4v) is 4.87. The van der Waals surface area contributed by atoms with Gasteiger partial charge in [-0.3, -0.25) is 4.79 Å². The molecule has 2 aromatic carbocycles. The van der Waals surface area contributed by atoms with Crippen molar-refractivity contribution in [3.05, 3.63) is 70.8 Å². The number of rotatable bonds is 0. The molecular weight excluding hydrogens is 292 g/mol. The quantitative estimate of drug-likeness (QED) is 0.598. The molecule has 2 atom stereocenters. The van der Waals surface area contributed by atoms with Crippen molar-refractivity contribution < 1.29 is 19.4 Å². The van der Waals surface area contributed by atoms with Gasteiger partial charge in [-0.25, -0.2) is 4.79 Å². The lowest BCUT2D eigenvalue weighted by Gasteiger charge is -2.54. The molecule has 6 rings (SSSR count). The van der Waals surface area contributed by atoms with Crippen LogP contribution in [0.25, 0.3) is 0 Å². The minimum Gasteiger partial charge on any atom is -0.390 e. The maximum Gasteiger partial charge on any atom is 0.348 e. The average molecular weight is 306 g/mol. The molecule has 1 N–H and O–H groups in total. The van der Waals surface area contributed by atoms with Crippen LogP contribution in [0.3, 0.4) is 0 Å². The zero-order valence-electron chi connectivity index (χ0n) is 12.4. The van der Waals surface area contributed by atoms with Gasteiger partial charge >= 0.3 is 11.9 Å². The van der Waals surface area contributed by atoms with Crippen molar-refractivity contribution in [1.29, 1.82) is 0 Å². The minimum absolute atomic E-state index is 0.385. The Balaban J connectivity index is 1.97. The molecule has 1 saturated heterocycles. The summed E-state index contributed by atoms with van der Waals surface area (Å²) >= 11 is 0. The van der Waals surface area contributed by atoms with E-state index in [0.29, 0.717) is 0 Å². The van der Waals surface area contributed by atoms with Gasteiger partial charge in [0, 0.05) is 5.92 Å². The van der Waals surface area contributed by atoms with E-state index < -0.39 is 28.9 Å². The van der Waals surface area contributed by atoms with Crippen LogP contribution in [0.15, 0.2) is 48.5 Å². The molecule has 1 aliphatic heterocycles. The Labute approximate surface area is 132 Å². The first-order valence-corrected chi connectivity index (χ1v) is 7.68. The number of hydrogen-bond donors (Lipinski definition) is 1. The molecule has 1 fully saturated rings. The Morgan fingerprint density at radius 3 is 1.74 bits per heavy atom. The molecule has 4 aliphatic rings. The Morgan fingerprint density at radius 2 is 1.26 bits per heavy atom. The zero-order chi connectivity index (χ0) is 16.0. The van der Waals surface area contributed by atoms with E-state index in [9.17, 15) is 14.7 Å². The molecule has 0 radical (unpaired) electrons. The van der Waals surface area contributed by atoms with E-state index >= 15 is 0 Å². The van der Waals surface area contributed by atoms with Gasteiger partial charge in [0.15, 0.2) is 5.60 Å². The molecule has 114 valence electrons. The van der Waals surface area contributed by atoms with Crippen LogP contribution in [-0.2, 0) is 14.3 Å². The molecule has 0 unspecified atom stereocenters. The third-order valence-corrected chi connectivity index (χ3v) is 5.94.